The van der Waals surface area contributed by atoms with Gasteiger partial charge in [-0.1, -0.05) is 48.5 Å². The van der Waals surface area contributed by atoms with Gasteiger partial charge in [0.15, 0.2) is 10.9 Å². The van der Waals surface area contributed by atoms with Crippen molar-refractivity contribution in [2.75, 3.05) is 5.32 Å². The van der Waals surface area contributed by atoms with Crippen LogP contribution < -0.4 is 15.8 Å². The summed E-state index contributed by atoms with van der Waals surface area (Å²) in [6, 6.07) is 21.6. The molecular formula is C17H14N2OS. The van der Waals surface area contributed by atoms with Crippen LogP contribution in [0.1, 0.15) is 0 Å². The van der Waals surface area contributed by atoms with Crippen molar-refractivity contribution in [1.82, 2.24) is 0 Å². The Balaban J connectivity index is 2.01. The van der Waals surface area contributed by atoms with Crippen LogP contribution in [0.3, 0.4) is 0 Å². The van der Waals surface area contributed by atoms with Gasteiger partial charge in [0.1, 0.15) is 5.75 Å². The predicted molar refractivity (Wildman–Crippen MR) is 90.9 cm³/mol. The van der Waals surface area contributed by atoms with Crippen molar-refractivity contribution in [2.45, 2.75) is 0 Å². The van der Waals surface area contributed by atoms with Gasteiger partial charge < -0.3 is 15.8 Å². The van der Waals surface area contributed by atoms with Gasteiger partial charge in [0.2, 0.25) is 0 Å². The fraction of sp³-hybridized carbons (Fsp3) is 0. The van der Waals surface area contributed by atoms with Crippen molar-refractivity contribution in [3.63, 3.8) is 0 Å². The predicted octanol–water partition coefficient (Wildman–Crippen LogP) is 4.29. The second-order valence-electron chi connectivity index (χ2n) is 4.56. The van der Waals surface area contributed by atoms with Crippen molar-refractivity contribution in [2.24, 2.45) is 5.73 Å². The highest BCUT2D eigenvalue weighted by atomic mass is 32.1. The molecule has 3 N–H and O–H groups in total. The van der Waals surface area contributed by atoms with Crippen LogP contribution in [0.4, 0.5) is 5.69 Å². The molecule has 0 amide bonds. The summed E-state index contributed by atoms with van der Waals surface area (Å²) in [7, 11) is 0. The van der Waals surface area contributed by atoms with Crippen LogP contribution in [0.2, 0.25) is 0 Å². The lowest BCUT2D eigenvalue weighted by atomic mass is 10.1. The number of anilines is 1. The van der Waals surface area contributed by atoms with Gasteiger partial charge in [-0.2, -0.15) is 0 Å². The highest BCUT2D eigenvalue weighted by molar-refractivity contribution is 7.80. The number of ether oxygens (including phenoxy) is 1. The minimum Gasteiger partial charge on any atom is -0.455 e. The molecule has 21 heavy (non-hydrogen) atoms. The van der Waals surface area contributed by atoms with Crippen LogP contribution in [-0.2, 0) is 0 Å². The Kier molecular flexibility index (Phi) is 3.71. The Morgan fingerprint density at radius 3 is 2.38 bits per heavy atom. The number of para-hydroxylation sites is 2. The zero-order valence-corrected chi connectivity index (χ0v) is 12.1. The Bertz CT molecular complexity index is 796. The lowest BCUT2D eigenvalue weighted by Crippen LogP contribution is -2.19. The van der Waals surface area contributed by atoms with E-state index >= 15 is 0 Å². The molecule has 0 bridgehead atoms. The summed E-state index contributed by atoms with van der Waals surface area (Å²) in [6.45, 7) is 0. The summed E-state index contributed by atoms with van der Waals surface area (Å²) in [6.07, 6.45) is 0. The van der Waals surface area contributed by atoms with Gasteiger partial charge in [0, 0.05) is 5.39 Å². The van der Waals surface area contributed by atoms with E-state index in [-0.39, 0.29) is 5.11 Å². The van der Waals surface area contributed by atoms with Crippen molar-refractivity contribution < 1.29 is 4.74 Å². The van der Waals surface area contributed by atoms with Crippen molar-refractivity contribution in [3.05, 3.63) is 66.7 Å². The van der Waals surface area contributed by atoms with Crippen LogP contribution in [0.5, 0.6) is 11.5 Å². The number of nitrogens with one attached hydrogen (secondary N) is 1. The van der Waals surface area contributed by atoms with Gasteiger partial charge in [0.25, 0.3) is 0 Å². The van der Waals surface area contributed by atoms with Gasteiger partial charge in [-0.15, -0.1) is 0 Å². The summed E-state index contributed by atoms with van der Waals surface area (Å²) in [5.74, 6) is 1.48. The lowest BCUT2D eigenvalue weighted by molar-refractivity contribution is 0.490. The first-order chi connectivity index (χ1) is 10.2. The molecule has 0 unspecified atom stereocenters. The van der Waals surface area contributed by atoms with Crippen LogP contribution in [0, 0.1) is 0 Å². The third-order valence-electron chi connectivity index (χ3n) is 3.11. The maximum Gasteiger partial charge on any atom is 0.168 e. The number of hydrogen-bond acceptors (Lipinski definition) is 2. The molecule has 0 saturated carbocycles. The van der Waals surface area contributed by atoms with E-state index < -0.39 is 0 Å². The van der Waals surface area contributed by atoms with E-state index in [0.29, 0.717) is 5.75 Å². The molecule has 3 aromatic rings. The molecule has 0 fully saturated rings. The molecule has 0 saturated heterocycles. The lowest BCUT2D eigenvalue weighted by Gasteiger charge is -2.13. The summed E-state index contributed by atoms with van der Waals surface area (Å²) in [5, 5.41) is 5.33. The molecule has 0 aromatic heterocycles. The molecule has 3 nitrogen and oxygen atoms in total. The Morgan fingerprint density at radius 1 is 0.857 bits per heavy atom. The molecule has 0 heterocycles. The normalized spacial score (nSPS) is 10.3. The Morgan fingerprint density at radius 2 is 1.52 bits per heavy atom. The number of hydrogen-bond donors (Lipinski definition) is 2. The first kappa shape index (κ1) is 13.4. The molecule has 3 rings (SSSR count). The quantitative estimate of drug-likeness (QED) is 0.708. The third kappa shape index (κ3) is 2.95. The molecule has 104 valence electrons. The van der Waals surface area contributed by atoms with Crippen LogP contribution >= 0.6 is 12.2 Å². The second-order valence-corrected chi connectivity index (χ2v) is 5.00. The number of nitrogens with two attached hydrogens (primary N) is 1. The molecule has 3 aromatic carbocycles. The second kappa shape index (κ2) is 5.81. The summed E-state index contributed by atoms with van der Waals surface area (Å²) < 4.78 is 6.05. The number of thiocarbonyl (C=S) groups is 1. The SMILES string of the molecule is NC(=S)Nc1ccccc1Oc1cccc2ccccc12. The molecule has 4 heteroatoms. The van der Waals surface area contributed by atoms with Gasteiger partial charge in [-0.3, -0.25) is 0 Å². The van der Waals surface area contributed by atoms with Crippen molar-refractivity contribution in [3.8, 4) is 11.5 Å². The average Bonchev–Trinajstić information content (AvgIpc) is 2.49. The maximum atomic E-state index is 6.05. The van der Waals surface area contributed by atoms with E-state index in [0.717, 1.165) is 22.2 Å². The topological polar surface area (TPSA) is 47.3 Å². The standard InChI is InChI=1S/C17H14N2OS/c18-17(21)19-14-9-3-4-10-16(14)20-15-11-5-7-12-6-1-2-8-13(12)15/h1-11H,(H3,18,19,21). The van der Waals surface area contributed by atoms with Crippen LogP contribution in [0.25, 0.3) is 10.8 Å². The van der Waals surface area contributed by atoms with Crippen LogP contribution in [0.15, 0.2) is 66.7 Å². The van der Waals surface area contributed by atoms with E-state index in [1.807, 2.05) is 54.6 Å². The molecule has 0 radical (unpaired) electrons. The first-order valence-electron chi connectivity index (χ1n) is 6.55. The summed E-state index contributed by atoms with van der Waals surface area (Å²) in [5.41, 5.74) is 6.29. The maximum absolute atomic E-state index is 6.05. The number of fused-ring (bicyclic) bond motifs is 1. The Hall–Kier alpha value is -2.59. The minimum atomic E-state index is 0.212. The van der Waals surface area contributed by atoms with Gasteiger partial charge >= 0.3 is 0 Å². The molecule has 0 aliphatic carbocycles. The smallest absolute Gasteiger partial charge is 0.168 e. The number of rotatable bonds is 3. The van der Waals surface area contributed by atoms with E-state index in [4.69, 9.17) is 22.7 Å². The Labute approximate surface area is 128 Å². The van der Waals surface area contributed by atoms with Crippen molar-refractivity contribution >= 4 is 33.8 Å². The zero-order valence-electron chi connectivity index (χ0n) is 11.2. The fourth-order valence-electron chi connectivity index (χ4n) is 2.19. The molecule has 0 aliphatic heterocycles. The van der Waals surface area contributed by atoms with E-state index in [1.165, 1.54) is 0 Å². The third-order valence-corrected chi connectivity index (χ3v) is 3.22. The number of benzene rings is 3. The van der Waals surface area contributed by atoms with Crippen LogP contribution in [-0.4, -0.2) is 5.11 Å². The largest absolute Gasteiger partial charge is 0.455 e. The zero-order chi connectivity index (χ0) is 14.7. The van der Waals surface area contributed by atoms with Gasteiger partial charge in [0.05, 0.1) is 5.69 Å². The van der Waals surface area contributed by atoms with Crippen molar-refractivity contribution in [1.29, 1.82) is 0 Å². The molecular weight excluding hydrogens is 280 g/mol. The summed E-state index contributed by atoms with van der Waals surface area (Å²) in [4.78, 5) is 0. The van der Waals surface area contributed by atoms with Gasteiger partial charge in [-0.05, 0) is 35.8 Å². The first-order valence-corrected chi connectivity index (χ1v) is 6.96. The fourth-order valence-corrected chi connectivity index (χ4v) is 2.30. The summed E-state index contributed by atoms with van der Waals surface area (Å²) >= 11 is 4.89. The van der Waals surface area contributed by atoms with E-state index in [1.54, 1.807) is 0 Å². The average molecular weight is 294 g/mol. The van der Waals surface area contributed by atoms with E-state index in [9.17, 15) is 0 Å². The van der Waals surface area contributed by atoms with E-state index in [2.05, 4.69) is 17.4 Å². The highest BCUT2D eigenvalue weighted by Crippen LogP contribution is 2.33. The monoisotopic (exact) mass is 294 g/mol. The molecule has 0 atom stereocenters. The van der Waals surface area contributed by atoms with Gasteiger partial charge in [-0.25, -0.2) is 0 Å². The minimum absolute atomic E-state index is 0.212. The highest BCUT2D eigenvalue weighted by Gasteiger charge is 2.07. The molecule has 0 aliphatic rings. The molecule has 0 spiro atoms.